The van der Waals surface area contributed by atoms with Gasteiger partial charge in [-0.05, 0) is 35.9 Å². The molecule has 1 aliphatic heterocycles. The van der Waals surface area contributed by atoms with Gasteiger partial charge < -0.3 is 14.6 Å². The SMILES string of the molecule is N#Cc1cn(CC(=O)O)cc1-c1cc(Cl)cc(S(=O)(=O)N2CCN(c3ccccc3Cl)CC2)c1. The maximum Gasteiger partial charge on any atom is 0.323 e. The maximum absolute atomic E-state index is 13.4. The van der Waals surface area contributed by atoms with Crippen LogP contribution in [0.4, 0.5) is 5.69 Å². The number of hydrogen-bond acceptors (Lipinski definition) is 5. The Bertz CT molecular complexity index is 1390. The summed E-state index contributed by atoms with van der Waals surface area (Å²) in [6, 6.07) is 13.8. The van der Waals surface area contributed by atoms with E-state index in [4.69, 9.17) is 28.3 Å². The standard InChI is InChI=1S/C23H20Cl2N4O4S/c24-18-9-16(20-14-27(15-23(30)31)13-17(20)12-26)10-19(11-18)34(32,33)29-7-5-28(6-8-29)22-4-2-1-3-21(22)25/h1-4,9-11,13-14H,5-8,15H2,(H,30,31). The van der Waals surface area contributed by atoms with Crippen LogP contribution in [0.1, 0.15) is 5.56 Å². The van der Waals surface area contributed by atoms with E-state index in [1.54, 1.807) is 12.1 Å². The zero-order valence-electron chi connectivity index (χ0n) is 17.9. The van der Waals surface area contributed by atoms with E-state index >= 15 is 0 Å². The number of carboxylic acid groups (broad SMARTS) is 1. The number of nitriles is 1. The first-order valence-electron chi connectivity index (χ1n) is 10.3. The third kappa shape index (κ3) is 4.91. The maximum atomic E-state index is 13.4. The fourth-order valence-electron chi connectivity index (χ4n) is 3.97. The Kier molecular flexibility index (Phi) is 6.86. The topological polar surface area (TPSA) is 107 Å². The molecule has 2 aromatic carbocycles. The van der Waals surface area contributed by atoms with Crippen molar-refractivity contribution in [2.45, 2.75) is 11.4 Å². The minimum Gasteiger partial charge on any atom is -0.480 e. The van der Waals surface area contributed by atoms with Crippen molar-refractivity contribution in [2.24, 2.45) is 0 Å². The molecule has 0 unspecified atom stereocenters. The third-order valence-electron chi connectivity index (χ3n) is 5.57. The van der Waals surface area contributed by atoms with Crippen LogP contribution in [0.3, 0.4) is 0 Å². The number of hydrogen-bond donors (Lipinski definition) is 1. The molecule has 2 heterocycles. The Hall–Kier alpha value is -3.03. The normalized spacial score (nSPS) is 14.7. The number of para-hydroxylation sites is 1. The van der Waals surface area contributed by atoms with Crippen molar-refractivity contribution >= 4 is 44.9 Å². The summed E-state index contributed by atoms with van der Waals surface area (Å²) in [5, 5.41) is 19.3. The average molecular weight is 519 g/mol. The highest BCUT2D eigenvalue weighted by Crippen LogP contribution is 2.32. The number of rotatable bonds is 6. The van der Waals surface area contributed by atoms with Crippen LogP contribution >= 0.6 is 23.2 Å². The molecule has 176 valence electrons. The van der Waals surface area contributed by atoms with E-state index in [0.29, 0.717) is 29.2 Å². The number of benzene rings is 2. The number of anilines is 1. The van der Waals surface area contributed by atoms with Crippen molar-refractivity contribution < 1.29 is 18.3 Å². The zero-order chi connectivity index (χ0) is 24.5. The third-order valence-corrected chi connectivity index (χ3v) is 7.98. The van der Waals surface area contributed by atoms with Crippen LogP contribution < -0.4 is 4.90 Å². The molecule has 1 aromatic heterocycles. The lowest BCUT2D eigenvalue weighted by atomic mass is 10.1. The number of aliphatic carboxylic acids is 1. The van der Waals surface area contributed by atoms with Crippen molar-refractivity contribution in [3.63, 3.8) is 0 Å². The fourth-order valence-corrected chi connectivity index (χ4v) is 6.02. The van der Waals surface area contributed by atoms with Gasteiger partial charge >= 0.3 is 5.97 Å². The quantitative estimate of drug-likeness (QED) is 0.529. The number of carbonyl (C=O) groups is 1. The Morgan fingerprint density at radius 2 is 1.76 bits per heavy atom. The van der Waals surface area contributed by atoms with Gasteiger partial charge in [-0.1, -0.05) is 35.3 Å². The van der Waals surface area contributed by atoms with Gasteiger partial charge in [0.25, 0.3) is 0 Å². The first-order valence-corrected chi connectivity index (χ1v) is 12.5. The van der Waals surface area contributed by atoms with Gasteiger partial charge in [0.15, 0.2) is 0 Å². The van der Waals surface area contributed by atoms with E-state index in [2.05, 4.69) is 0 Å². The molecule has 0 amide bonds. The minimum atomic E-state index is -3.86. The summed E-state index contributed by atoms with van der Waals surface area (Å²) < 4.78 is 29.6. The molecule has 0 saturated carbocycles. The van der Waals surface area contributed by atoms with Gasteiger partial charge in [-0.15, -0.1) is 0 Å². The zero-order valence-corrected chi connectivity index (χ0v) is 20.2. The van der Waals surface area contributed by atoms with Crippen molar-refractivity contribution in [1.82, 2.24) is 8.87 Å². The van der Waals surface area contributed by atoms with Crippen LogP contribution in [0.25, 0.3) is 11.1 Å². The molecule has 8 nitrogen and oxygen atoms in total. The highest BCUT2D eigenvalue weighted by atomic mass is 35.5. The van der Waals surface area contributed by atoms with Gasteiger partial charge in [0.2, 0.25) is 10.0 Å². The lowest BCUT2D eigenvalue weighted by molar-refractivity contribution is -0.137. The van der Waals surface area contributed by atoms with Crippen molar-refractivity contribution in [1.29, 1.82) is 5.26 Å². The summed E-state index contributed by atoms with van der Waals surface area (Å²) in [6.45, 7) is 1.18. The Morgan fingerprint density at radius 3 is 2.41 bits per heavy atom. The van der Waals surface area contributed by atoms with Crippen molar-refractivity contribution in [2.75, 3.05) is 31.1 Å². The summed E-state index contributed by atoms with van der Waals surface area (Å²) in [4.78, 5) is 13.1. The van der Waals surface area contributed by atoms with E-state index in [0.717, 1.165) is 5.69 Å². The molecule has 4 rings (SSSR count). The predicted octanol–water partition coefficient (Wildman–Crippen LogP) is 3.93. The molecule has 0 radical (unpaired) electrons. The number of aromatic nitrogens is 1. The molecule has 0 spiro atoms. The number of carboxylic acids is 1. The molecule has 0 aliphatic carbocycles. The largest absolute Gasteiger partial charge is 0.480 e. The molecule has 34 heavy (non-hydrogen) atoms. The second-order valence-electron chi connectivity index (χ2n) is 7.78. The number of sulfonamides is 1. The molecule has 0 bridgehead atoms. The number of piperazine rings is 1. The second kappa shape index (κ2) is 9.68. The van der Waals surface area contributed by atoms with Crippen LogP contribution in [0.2, 0.25) is 10.0 Å². The molecule has 1 N–H and O–H groups in total. The molecule has 1 fully saturated rings. The van der Waals surface area contributed by atoms with Gasteiger partial charge in [0.1, 0.15) is 12.6 Å². The second-order valence-corrected chi connectivity index (χ2v) is 10.6. The number of halogens is 2. The Balaban J connectivity index is 1.61. The monoisotopic (exact) mass is 518 g/mol. The van der Waals surface area contributed by atoms with Crippen LogP contribution in [0.15, 0.2) is 59.8 Å². The Labute approximate surface area is 207 Å². The Morgan fingerprint density at radius 1 is 1.06 bits per heavy atom. The summed E-state index contributed by atoms with van der Waals surface area (Å²) >= 11 is 12.5. The minimum absolute atomic E-state index is 0.0102. The molecule has 1 aliphatic rings. The first kappa shape index (κ1) is 24.1. The molecule has 11 heteroatoms. The first-order chi connectivity index (χ1) is 16.2. The molecule has 1 saturated heterocycles. The van der Waals surface area contributed by atoms with Gasteiger partial charge in [-0.25, -0.2) is 8.42 Å². The highest BCUT2D eigenvalue weighted by Gasteiger charge is 2.30. The van der Waals surface area contributed by atoms with E-state index in [9.17, 15) is 18.5 Å². The van der Waals surface area contributed by atoms with Crippen molar-refractivity contribution in [3.8, 4) is 17.2 Å². The van der Waals surface area contributed by atoms with Crippen LogP contribution in [-0.4, -0.2) is 54.5 Å². The fraction of sp³-hybridized carbons (Fsp3) is 0.217. The van der Waals surface area contributed by atoms with Gasteiger partial charge in [-0.3, -0.25) is 4.79 Å². The summed E-state index contributed by atoms with van der Waals surface area (Å²) in [5.41, 5.74) is 1.91. The highest BCUT2D eigenvalue weighted by molar-refractivity contribution is 7.89. The summed E-state index contributed by atoms with van der Waals surface area (Å²) in [5.74, 6) is -1.06. The summed E-state index contributed by atoms with van der Waals surface area (Å²) in [7, 11) is -3.86. The van der Waals surface area contributed by atoms with E-state index in [1.807, 2.05) is 29.2 Å². The average Bonchev–Trinajstić information content (AvgIpc) is 3.21. The molecular weight excluding hydrogens is 499 g/mol. The van der Waals surface area contributed by atoms with E-state index in [-0.39, 0.29) is 35.1 Å². The molecular formula is C23H20Cl2N4O4S. The van der Waals surface area contributed by atoms with Crippen molar-refractivity contribution in [3.05, 3.63) is 70.5 Å². The smallest absolute Gasteiger partial charge is 0.323 e. The lowest BCUT2D eigenvalue weighted by Gasteiger charge is -2.35. The number of nitrogens with zero attached hydrogens (tertiary/aromatic N) is 4. The molecule has 3 aromatic rings. The van der Waals surface area contributed by atoms with E-state index in [1.165, 1.54) is 33.4 Å². The predicted molar refractivity (Wildman–Crippen MR) is 130 cm³/mol. The van der Waals surface area contributed by atoms with Gasteiger partial charge in [0.05, 0.1) is 21.2 Å². The lowest BCUT2D eigenvalue weighted by Crippen LogP contribution is -2.48. The summed E-state index contributed by atoms with van der Waals surface area (Å²) in [6.07, 6.45) is 2.91. The van der Waals surface area contributed by atoms with Crippen LogP contribution in [0, 0.1) is 11.3 Å². The van der Waals surface area contributed by atoms with Gasteiger partial charge in [0, 0.05) is 49.2 Å². The van der Waals surface area contributed by atoms with E-state index < -0.39 is 16.0 Å². The molecule has 0 atom stereocenters. The van der Waals surface area contributed by atoms with Gasteiger partial charge in [-0.2, -0.15) is 9.57 Å². The van der Waals surface area contributed by atoms with Crippen LogP contribution in [0.5, 0.6) is 0 Å². The van der Waals surface area contributed by atoms with Crippen LogP contribution in [-0.2, 0) is 21.4 Å².